The van der Waals surface area contributed by atoms with Gasteiger partial charge in [-0.1, -0.05) is 36.4 Å². The summed E-state index contributed by atoms with van der Waals surface area (Å²) in [5, 5.41) is 9.02. The number of benzene rings is 3. The third-order valence-corrected chi connectivity index (χ3v) is 9.29. The lowest BCUT2D eigenvalue weighted by atomic mass is 9.79. The summed E-state index contributed by atoms with van der Waals surface area (Å²) in [5.74, 6) is -0.396. The van der Waals surface area contributed by atoms with Crippen LogP contribution in [0.1, 0.15) is 57.3 Å². The van der Waals surface area contributed by atoms with Crippen LogP contribution in [0.25, 0.3) is 0 Å². The van der Waals surface area contributed by atoms with E-state index >= 15 is 0 Å². The van der Waals surface area contributed by atoms with Gasteiger partial charge >= 0.3 is 5.97 Å². The highest BCUT2D eigenvalue weighted by molar-refractivity contribution is 7.91. The quantitative estimate of drug-likeness (QED) is 0.225. The van der Waals surface area contributed by atoms with Gasteiger partial charge < -0.3 is 24.2 Å². The largest absolute Gasteiger partial charge is 0.494 e. The van der Waals surface area contributed by atoms with Gasteiger partial charge in [0.2, 0.25) is 5.90 Å². The fourth-order valence-electron chi connectivity index (χ4n) is 5.49. The van der Waals surface area contributed by atoms with Crippen molar-refractivity contribution in [3.8, 4) is 5.75 Å². The van der Waals surface area contributed by atoms with Crippen LogP contribution in [0.3, 0.4) is 0 Å². The molecular weight excluding hydrogens is 596 g/mol. The lowest BCUT2D eigenvalue weighted by Crippen LogP contribution is -2.55. The number of aliphatic hydroxyl groups excluding tert-OH is 1. The molecule has 10 nitrogen and oxygen atoms in total. The van der Waals surface area contributed by atoms with Gasteiger partial charge in [0.1, 0.15) is 11.4 Å². The zero-order valence-corrected chi connectivity index (χ0v) is 26.5. The average molecular weight is 635 g/mol. The van der Waals surface area contributed by atoms with E-state index in [1.165, 1.54) is 17.0 Å². The Morgan fingerprint density at radius 2 is 1.71 bits per heavy atom. The number of para-hydroxylation sites is 1. The zero-order valence-electron chi connectivity index (χ0n) is 25.6. The summed E-state index contributed by atoms with van der Waals surface area (Å²) in [6.45, 7) is 5.60. The second-order valence-electron chi connectivity index (χ2n) is 12.0. The van der Waals surface area contributed by atoms with Crippen molar-refractivity contribution in [3.63, 3.8) is 0 Å². The summed E-state index contributed by atoms with van der Waals surface area (Å²) in [6, 6.07) is 22.4. The van der Waals surface area contributed by atoms with Crippen LogP contribution in [-0.4, -0.2) is 67.9 Å². The van der Waals surface area contributed by atoms with Gasteiger partial charge in [-0.15, -0.1) is 0 Å². The molecule has 45 heavy (non-hydrogen) atoms. The number of esters is 1. The van der Waals surface area contributed by atoms with Crippen molar-refractivity contribution in [2.24, 2.45) is 4.99 Å². The topological polar surface area (TPSA) is 132 Å². The summed E-state index contributed by atoms with van der Waals surface area (Å²) >= 11 is 0. The number of nitrogens with zero attached hydrogens (tertiary/aromatic N) is 2. The highest BCUT2D eigenvalue weighted by Crippen LogP contribution is 2.50. The monoisotopic (exact) mass is 634 g/mol. The first kappa shape index (κ1) is 32.2. The third-order valence-electron chi connectivity index (χ3n) is 7.58. The van der Waals surface area contributed by atoms with Crippen LogP contribution in [0.5, 0.6) is 5.75 Å². The van der Waals surface area contributed by atoms with E-state index in [2.05, 4.69) is 0 Å². The van der Waals surface area contributed by atoms with E-state index in [1.807, 2.05) is 12.1 Å². The third kappa shape index (κ3) is 7.04. The maximum Gasteiger partial charge on any atom is 0.306 e. The normalized spacial score (nSPS) is 19.3. The number of carbonyl (C=O) groups excluding carboxylic acids is 2. The van der Waals surface area contributed by atoms with Crippen molar-refractivity contribution in [1.29, 1.82) is 0 Å². The molecule has 2 heterocycles. The molecular formula is C34H38N2O8S. The zero-order chi connectivity index (χ0) is 32.2. The molecule has 0 bridgehead atoms. The summed E-state index contributed by atoms with van der Waals surface area (Å²) in [6.07, 6.45) is -0.450. The van der Waals surface area contributed by atoms with Crippen LogP contribution in [-0.2, 0) is 28.9 Å². The first-order chi connectivity index (χ1) is 21.4. The highest BCUT2D eigenvalue weighted by Gasteiger charge is 2.58. The Balaban J connectivity index is 1.51. The van der Waals surface area contributed by atoms with Crippen LogP contribution in [0.2, 0.25) is 0 Å². The molecule has 0 spiro atoms. The van der Waals surface area contributed by atoms with Crippen LogP contribution in [0.4, 0.5) is 5.69 Å². The molecule has 0 saturated carbocycles. The maximum atomic E-state index is 14.6. The van der Waals surface area contributed by atoms with Gasteiger partial charge in [0.15, 0.2) is 21.5 Å². The first-order valence-corrected chi connectivity index (χ1v) is 16.6. The van der Waals surface area contributed by atoms with Gasteiger partial charge in [-0.25, -0.2) is 13.4 Å². The molecule has 0 saturated heterocycles. The van der Waals surface area contributed by atoms with Crippen molar-refractivity contribution in [1.82, 2.24) is 0 Å². The number of fused-ring (bicyclic) bond motifs is 3. The molecule has 0 aromatic heterocycles. The molecule has 238 valence electrons. The fraction of sp³-hybridized carbons (Fsp3) is 0.382. The van der Waals surface area contributed by atoms with Crippen LogP contribution >= 0.6 is 0 Å². The standard InChI is InChI=1S/C34H38N2O8S/c1-33(2,3)44-29(38)18-19-34-30(43-31(35-34)24-14-16-25(17-15-24)42-22-9-21-37)27-12-7-8-13-28(27)36(32(34)39)20-23-45(40,41)26-10-5-4-6-11-26/h4-8,10-17,30,37H,9,18-23H2,1-3H3/t30-,34-/m0/s1. The number of hydrogen-bond acceptors (Lipinski definition) is 9. The Bertz CT molecular complexity index is 1670. The Labute approximate surface area is 263 Å². The summed E-state index contributed by atoms with van der Waals surface area (Å²) < 4.78 is 44.1. The minimum absolute atomic E-state index is 0.00641. The second kappa shape index (κ2) is 13.0. The molecule has 3 aromatic carbocycles. The lowest BCUT2D eigenvalue weighted by molar-refractivity contribution is -0.155. The van der Waals surface area contributed by atoms with Crippen molar-refractivity contribution >= 4 is 33.3 Å². The van der Waals surface area contributed by atoms with Crippen molar-refractivity contribution in [3.05, 3.63) is 90.0 Å². The summed E-state index contributed by atoms with van der Waals surface area (Å²) in [5.41, 5.74) is -0.433. The number of sulfone groups is 1. The smallest absolute Gasteiger partial charge is 0.306 e. The molecule has 0 unspecified atom stereocenters. The number of aliphatic imine (C=N–C) groups is 1. The van der Waals surface area contributed by atoms with Gasteiger partial charge in [-0.2, -0.15) is 0 Å². The highest BCUT2D eigenvalue weighted by atomic mass is 32.2. The van der Waals surface area contributed by atoms with Gasteiger partial charge in [0, 0.05) is 37.1 Å². The lowest BCUT2D eigenvalue weighted by Gasteiger charge is -2.41. The first-order valence-electron chi connectivity index (χ1n) is 14.9. The van der Waals surface area contributed by atoms with E-state index in [0.717, 1.165) is 0 Å². The Morgan fingerprint density at radius 3 is 2.40 bits per heavy atom. The SMILES string of the molecule is CC(C)(C)OC(=O)CC[C@]12N=C(c3ccc(OCCCO)cc3)O[C@H]1c1ccccc1N(CCS(=O)(=O)c1ccccc1)C2=O. The Kier molecular flexibility index (Phi) is 9.31. The van der Waals surface area contributed by atoms with Gasteiger partial charge in [-0.05, 0) is 69.7 Å². The Hall–Kier alpha value is -4.22. The van der Waals surface area contributed by atoms with E-state index in [-0.39, 0.29) is 42.5 Å². The van der Waals surface area contributed by atoms with Crippen LogP contribution in [0, 0.1) is 0 Å². The molecule has 11 heteroatoms. The van der Waals surface area contributed by atoms with Crippen LogP contribution < -0.4 is 9.64 Å². The van der Waals surface area contributed by atoms with E-state index in [4.69, 9.17) is 24.3 Å². The van der Waals surface area contributed by atoms with E-state index in [1.54, 1.807) is 75.4 Å². The number of anilines is 1. The number of amides is 1. The molecule has 5 rings (SSSR count). The molecule has 3 aromatic rings. The number of hydrogen-bond donors (Lipinski definition) is 1. The minimum atomic E-state index is -3.70. The second-order valence-corrected chi connectivity index (χ2v) is 14.1. The molecule has 0 radical (unpaired) electrons. The van der Waals surface area contributed by atoms with Crippen molar-refractivity contribution in [2.45, 2.75) is 62.2 Å². The van der Waals surface area contributed by atoms with Gasteiger partial charge in [0.05, 0.1) is 22.9 Å². The minimum Gasteiger partial charge on any atom is -0.494 e. The molecule has 1 amide bonds. The number of ether oxygens (including phenoxy) is 3. The summed E-state index contributed by atoms with van der Waals surface area (Å²) in [4.78, 5) is 34.0. The Morgan fingerprint density at radius 1 is 1.02 bits per heavy atom. The molecule has 2 aliphatic rings. The summed E-state index contributed by atoms with van der Waals surface area (Å²) in [7, 11) is -3.70. The van der Waals surface area contributed by atoms with Gasteiger partial charge in [-0.3, -0.25) is 9.59 Å². The van der Waals surface area contributed by atoms with Crippen LogP contribution in [0.15, 0.2) is 88.8 Å². The van der Waals surface area contributed by atoms with E-state index in [9.17, 15) is 18.0 Å². The molecule has 0 fully saturated rings. The maximum absolute atomic E-state index is 14.6. The van der Waals surface area contributed by atoms with Crippen molar-refractivity contribution < 1.29 is 37.3 Å². The number of rotatable bonds is 12. The number of aliphatic hydroxyl groups is 1. The number of carbonyl (C=O) groups is 2. The molecule has 2 atom stereocenters. The van der Waals surface area contributed by atoms with Crippen molar-refractivity contribution in [2.75, 3.05) is 30.4 Å². The predicted molar refractivity (Wildman–Crippen MR) is 169 cm³/mol. The predicted octanol–water partition coefficient (Wildman–Crippen LogP) is 4.65. The molecule has 2 aliphatic heterocycles. The fourth-order valence-corrected chi connectivity index (χ4v) is 6.72. The average Bonchev–Trinajstić information content (AvgIpc) is 3.42. The molecule has 1 N–H and O–H groups in total. The van der Waals surface area contributed by atoms with Gasteiger partial charge in [0.25, 0.3) is 5.91 Å². The van der Waals surface area contributed by atoms with E-state index in [0.29, 0.717) is 35.6 Å². The molecule has 0 aliphatic carbocycles. The van der Waals surface area contributed by atoms with E-state index < -0.39 is 39.0 Å².